The predicted molar refractivity (Wildman–Crippen MR) is 80.2 cm³/mol. The number of ether oxygens (including phenoxy) is 1. The number of aromatic nitrogens is 1. The molecule has 0 atom stereocenters. The van der Waals surface area contributed by atoms with Gasteiger partial charge < -0.3 is 19.9 Å². The third-order valence-electron chi connectivity index (χ3n) is 3.03. The molecule has 0 aromatic carbocycles. The number of aryl methyl sites for hydroxylation is 2. The van der Waals surface area contributed by atoms with Gasteiger partial charge in [0.15, 0.2) is 5.96 Å². The lowest BCUT2D eigenvalue weighted by atomic mass is 10.1. The van der Waals surface area contributed by atoms with E-state index in [-0.39, 0.29) is 0 Å². The van der Waals surface area contributed by atoms with Crippen LogP contribution in [0.2, 0.25) is 0 Å². The molecule has 1 heterocycles. The fourth-order valence-corrected chi connectivity index (χ4v) is 1.91. The van der Waals surface area contributed by atoms with Crippen LogP contribution in [0.1, 0.15) is 30.4 Å². The highest BCUT2D eigenvalue weighted by atomic mass is 16.5. The fraction of sp³-hybridized carbons (Fsp3) is 0.714. The van der Waals surface area contributed by atoms with E-state index in [4.69, 9.17) is 9.26 Å². The molecule has 0 radical (unpaired) electrons. The second-order valence-electron chi connectivity index (χ2n) is 4.53. The lowest BCUT2D eigenvalue weighted by Crippen LogP contribution is -2.39. The van der Waals surface area contributed by atoms with Gasteiger partial charge in [0.1, 0.15) is 5.76 Å². The monoisotopic (exact) mass is 282 g/mol. The Morgan fingerprint density at radius 1 is 1.30 bits per heavy atom. The lowest BCUT2D eigenvalue weighted by Gasteiger charge is -2.11. The van der Waals surface area contributed by atoms with Gasteiger partial charge in [0.25, 0.3) is 0 Å². The molecular weight excluding hydrogens is 256 g/mol. The Balaban J connectivity index is 2.22. The molecule has 6 heteroatoms. The van der Waals surface area contributed by atoms with E-state index in [9.17, 15) is 0 Å². The molecule has 0 bridgehead atoms. The third kappa shape index (κ3) is 5.61. The van der Waals surface area contributed by atoms with Crippen LogP contribution in [0.5, 0.6) is 0 Å². The largest absolute Gasteiger partial charge is 0.382 e. The minimum atomic E-state index is 0.768. The molecule has 20 heavy (non-hydrogen) atoms. The maximum absolute atomic E-state index is 5.29. The zero-order chi connectivity index (χ0) is 14.8. The summed E-state index contributed by atoms with van der Waals surface area (Å²) in [7, 11) is 1.77. The highest BCUT2D eigenvalue weighted by Gasteiger charge is 2.08. The Morgan fingerprint density at radius 3 is 2.65 bits per heavy atom. The number of rotatable bonds is 8. The van der Waals surface area contributed by atoms with Crippen LogP contribution in [0.3, 0.4) is 0 Å². The molecule has 0 saturated carbocycles. The van der Waals surface area contributed by atoms with Crippen LogP contribution in [0, 0.1) is 13.8 Å². The van der Waals surface area contributed by atoms with E-state index in [1.807, 2.05) is 20.8 Å². The first-order valence-corrected chi connectivity index (χ1v) is 7.13. The average molecular weight is 282 g/mol. The van der Waals surface area contributed by atoms with Crippen molar-refractivity contribution < 1.29 is 9.26 Å². The molecule has 0 amide bonds. The molecule has 0 saturated heterocycles. The number of aliphatic imine (C=N–C) groups is 1. The second-order valence-corrected chi connectivity index (χ2v) is 4.53. The molecule has 1 aromatic heterocycles. The van der Waals surface area contributed by atoms with E-state index in [0.717, 1.165) is 56.6 Å². The first-order valence-electron chi connectivity index (χ1n) is 7.13. The van der Waals surface area contributed by atoms with Crippen molar-refractivity contribution in [3.63, 3.8) is 0 Å². The number of hydrogen-bond acceptors (Lipinski definition) is 4. The van der Waals surface area contributed by atoms with Crippen LogP contribution < -0.4 is 10.6 Å². The molecule has 6 nitrogen and oxygen atoms in total. The highest BCUT2D eigenvalue weighted by molar-refractivity contribution is 5.79. The average Bonchev–Trinajstić information content (AvgIpc) is 2.76. The first kappa shape index (κ1) is 16.5. The molecule has 0 aliphatic rings. The molecule has 0 aliphatic carbocycles. The summed E-state index contributed by atoms with van der Waals surface area (Å²) in [6, 6.07) is 0. The Kier molecular flexibility index (Phi) is 7.72. The standard InChI is InChI=1S/C14H26N4O2/c1-5-19-10-6-8-16-14(15-4)17-9-7-13-11(2)18-20-12(13)3/h5-10H2,1-4H3,(H2,15,16,17). The second kappa shape index (κ2) is 9.36. The van der Waals surface area contributed by atoms with E-state index in [1.54, 1.807) is 7.05 Å². The summed E-state index contributed by atoms with van der Waals surface area (Å²) in [6.07, 6.45) is 1.85. The Morgan fingerprint density at radius 2 is 2.05 bits per heavy atom. The minimum absolute atomic E-state index is 0.768. The zero-order valence-corrected chi connectivity index (χ0v) is 13.0. The molecule has 0 aliphatic heterocycles. The normalized spacial score (nSPS) is 11.7. The van der Waals surface area contributed by atoms with Crippen molar-refractivity contribution in [2.45, 2.75) is 33.6 Å². The van der Waals surface area contributed by atoms with Gasteiger partial charge in [0.05, 0.1) is 5.69 Å². The molecule has 0 unspecified atom stereocenters. The molecule has 114 valence electrons. The first-order chi connectivity index (χ1) is 9.69. The van der Waals surface area contributed by atoms with Gasteiger partial charge in [-0.05, 0) is 33.6 Å². The van der Waals surface area contributed by atoms with Crippen LogP contribution in [0.25, 0.3) is 0 Å². The maximum atomic E-state index is 5.29. The Labute approximate surface area is 121 Å². The van der Waals surface area contributed by atoms with Crippen molar-refractivity contribution >= 4 is 5.96 Å². The zero-order valence-electron chi connectivity index (χ0n) is 13.0. The summed E-state index contributed by atoms with van der Waals surface area (Å²) in [5.74, 6) is 1.71. The van der Waals surface area contributed by atoms with E-state index < -0.39 is 0 Å². The summed E-state index contributed by atoms with van der Waals surface area (Å²) in [5, 5.41) is 10.5. The maximum Gasteiger partial charge on any atom is 0.190 e. The van der Waals surface area contributed by atoms with Crippen molar-refractivity contribution in [2.24, 2.45) is 4.99 Å². The van der Waals surface area contributed by atoms with Crippen LogP contribution >= 0.6 is 0 Å². The number of hydrogen-bond donors (Lipinski definition) is 2. The van der Waals surface area contributed by atoms with Gasteiger partial charge in [-0.3, -0.25) is 4.99 Å². The van der Waals surface area contributed by atoms with Crippen molar-refractivity contribution in [3.05, 3.63) is 17.0 Å². The number of nitrogens with zero attached hydrogens (tertiary/aromatic N) is 2. The van der Waals surface area contributed by atoms with Gasteiger partial charge >= 0.3 is 0 Å². The van der Waals surface area contributed by atoms with Crippen molar-refractivity contribution in [1.82, 2.24) is 15.8 Å². The summed E-state index contributed by atoms with van der Waals surface area (Å²) in [4.78, 5) is 4.18. The summed E-state index contributed by atoms with van der Waals surface area (Å²) in [6.45, 7) is 9.11. The topological polar surface area (TPSA) is 71.7 Å². The molecular formula is C14H26N4O2. The van der Waals surface area contributed by atoms with Gasteiger partial charge in [-0.1, -0.05) is 5.16 Å². The van der Waals surface area contributed by atoms with Gasteiger partial charge in [-0.25, -0.2) is 0 Å². The van der Waals surface area contributed by atoms with Crippen LogP contribution in [-0.2, 0) is 11.2 Å². The quantitative estimate of drug-likeness (QED) is 0.429. The van der Waals surface area contributed by atoms with Crippen molar-refractivity contribution in [1.29, 1.82) is 0 Å². The van der Waals surface area contributed by atoms with Gasteiger partial charge in [-0.15, -0.1) is 0 Å². The molecule has 1 aromatic rings. The predicted octanol–water partition coefficient (Wildman–Crippen LogP) is 1.43. The smallest absolute Gasteiger partial charge is 0.190 e. The Hall–Kier alpha value is -1.56. The highest BCUT2D eigenvalue weighted by Crippen LogP contribution is 2.11. The molecule has 0 fully saturated rings. The van der Waals surface area contributed by atoms with E-state index in [2.05, 4.69) is 20.8 Å². The summed E-state index contributed by atoms with van der Waals surface area (Å²) in [5.41, 5.74) is 2.13. The van der Waals surface area contributed by atoms with E-state index in [0.29, 0.717) is 0 Å². The third-order valence-corrected chi connectivity index (χ3v) is 3.03. The Bertz CT molecular complexity index is 396. The fourth-order valence-electron chi connectivity index (χ4n) is 1.91. The molecule has 1 rings (SSSR count). The minimum Gasteiger partial charge on any atom is -0.382 e. The van der Waals surface area contributed by atoms with E-state index in [1.165, 1.54) is 5.56 Å². The molecule has 2 N–H and O–H groups in total. The van der Waals surface area contributed by atoms with Crippen LogP contribution in [0.15, 0.2) is 9.52 Å². The summed E-state index contributed by atoms with van der Waals surface area (Å²) < 4.78 is 10.4. The van der Waals surface area contributed by atoms with E-state index >= 15 is 0 Å². The van der Waals surface area contributed by atoms with Gasteiger partial charge in [0.2, 0.25) is 0 Å². The number of nitrogens with one attached hydrogen (secondary N) is 2. The van der Waals surface area contributed by atoms with Crippen molar-refractivity contribution in [3.8, 4) is 0 Å². The van der Waals surface area contributed by atoms with Crippen molar-refractivity contribution in [2.75, 3.05) is 33.4 Å². The van der Waals surface area contributed by atoms with Crippen LogP contribution in [-0.4, -0.2) is 44.5 Å². The summed E-state index contributed by atoms with van der Waals surface area (Å²) >= 11 is 0. The number of guanidine groups is 1. The molecule has 0 spiro atoms. The SMILES string of the molecule is CCOCCCNC(=NC)NCCc1c(C)noc1C. The van der Waals surface area contributed by atoms with Gasteiger partial charge in [-0.2, -0.15) is 0 Å². The lowest BCUT2D eigenvalue weighted by molar-refractivity contribution is 0.145. The van der Waals surface area contributed by atoms with Crippen LogP contribution in [0.4, 0.5) is 0 Å². The van der Waals surface area contributed by atoms with Gasteiger partial charge in [0, 0.05) is 38.9 Å².